The van der Waals surface area contributed by atoms with Crippen LogP contribution < -0.4 is 10.1 Å². The zero-order valence-corrected chi connectivity index (χ0v) is 10.4. The number of halogens is 1. The largest absolute Gasteiger partial charge is 0.494 e. The molecule has 0 spiro atoms. The smallest absolute Gasteiger partial charge is 0.120 e. The third-order valence-corrected chi connectivity index (χ3v) is 2.87. The van der Waals surface area contributed by atoms with Crippen LogP contribution >= 0.6 is 15.9 Å². The Balaban J connectivity index is 2.89. The molecule has 0 heterocycles. The molecule has 0 aliphatic heterocycles. The summed E-state index contributed by atoms with van der Waals surface area (Å²) in [6.07, 6.45) is 0. The minimum Gasteiger partial charge on any atom is -0.494 e. The van der Waals surface area contributed by atoms with E-state index in [1.165, 1.54) is 5.56 Å². The maximum absolute atomic E-state index is 5.40. The number of nitrogens with one attached hydrogen (secondary N) is 1. The van der Waals surface area contributed by atoms with E-state index in [2.05, 4.69) is 34.2 Å². The summed E-state index contributed by atoms with van der Waals surface area (Å²) in [5, 5.41) is 3.20. The van der Waals surface area contributed by atoms with E-state index in [-0.39, 0.29) is 0 Å². The molecular formula is C11H16BrNO. The van der Waals surface area contributed by atoms with E-state index in [0.29, 0.717) is 12.6 Å². The predicted molar refractivity (Wildman–Crippen MR) is 62.8 cm³/mol. The lowest BCUT2D eigenvalue weighted by atomic mass is 10.1. The second kappa shape index (κ2) is 5.37. The third-order valence-electron chi connectivity index (χ3n) is 2.18. The molecule has 3 heteroatoms. The second-order valence-electron chi connectivity index (χ2n) is 3.13. The summed E-state index contributed by atoms with van der Waals surface area (Å²) in [7, 11) is 1.95. The summed E-state index contributed by atoms with van der Waals surface area (Å²) in [5.74, 6) is 0.909. The van der Waals surface area contributed by atoms with Crippen LogP contribution in [0.2, 0.25) is 0 Å². The molecule has 0 aromatic heterocycles. The summed E-state index contributed by atoms with van der Waals surface area (Å²) in [6, 6.07) is 6.43. The first kappa shape index (κ1) is 11.5. The topological polar surface area (TPSA) is 21.3 Å². The lowest BCUT2D eigenvalue weighted by Crippen LogP contribution is -2.12. The molecule has 0 amide bonds. The van der Waals surface area contributed by atoms with Crippen molar-refractivity contribution < 1.29 is 4.74 Å². The van der Waals surface area contributed by atoms with E-state index >= 15 is 0 Å². The van der Waals surface area contributed by atoms with Gasteiger partial charge < -0.3 is 10.1 Å². The van der Waals surface area contributed by atoms with Crippen LogP contribution in [0.1, 0.15) is 25.5 Å². The maximum atomic E-state index is 5.40. The van der Waals surface area contributed by atoms with Crippen molar-refractivity contribution in [2.75, 3.05) is 13.7 Å². The number of ether oxygens (including phenoxy) is 1. The number of hydrogen-bond acceptors (Lipinski definition) is 2. The zero-order chi connectivity index (χ0) is 10.6. The molecule has 1 aromatic carbocycles. The zero-order valence-electron chi connectivity index (χ0n) is 8.80. The van der Waals surface area contributed by atoms with E-state index in [0.717, 1.165) is 10.2 Å². The minimum absolute atomic E-state index is 0.347. The highest BCUT2D eigenvalue weighted by molar-refractivity contribution is 9.10. The summed E-state index contributed by atoms with van der Waals surface area (Å²) in [4.78, 5) is 0. The highest BCUT2D eigenvalue weighted by Gasteiger charge is 2.07. The Morgan fingerprint density at radius 3 is 2.71 bits per heavy atom. The molecule has 14 heavy (non-hydrogen) atoms. The second-order valence-corrected chi connectivity index (χ2v) is 3.98. The van der Waals surface area contributed by atoms with Crippen LogP contribution in [0, 0.1) is 0 Å². The first-order valence-electron chi connectivity index (χ1n) is 4.78. The Morgan fingerprint density at radius 2 is 2.21 bits per heavy atom. The van der Waals surface area contributed by atoms with Crippen LogP contribution in [0.15, 0.2) is 22.7 Å². The average molecular weight is 258 g/mol. The van der Waals surface area contributed by atoms with Crippen LogP contribution in [0.25, 0.3) is 0 Å². The van der Waals surface area contributed by atoms with E-state index in [4.69, 9.17) is 4.74 Å². The first-order chi connectivity index (χ1) is 6.69. The number of rotatable bonds is 4. The van der Waals surface area contributed by atoms with E-state index in [1.54, 1.807) is 0 Å². The van der Waals surface area contributed by atoms with Gasteiger partial charge in [-0.15, -0.1) is 0 Å². The van der Waals surface area contributed by atoms with Gasteiger partial charge in [0.2, 0.25) is 0 Å². The molecular weight excluding hydrogens is 242 g/mol. The predicted octanol–water partition coefficient (Wildman–Crippen LogP) is 3.13. The van der Waals surface area contributed by atoms with Gasteiger partial charge in [0.15, 0.2) is 0 Å². The molecule has 0 radical (unpaired) electrons. The van der Waals surface area contributed by atoms with Crippen molar-refractivity contribution >= 4 is 15.9 Å². The van der Waals surface area contributed by atoms with Gasteiger partial charge in [0.05, 0.1) is 6.61 Å². The molecule has 1 rings (SSSR count). The van der Waals surface area contributed by atoms with Crippen molar-refractivity contribution in [1.82, 2.24) is 5.32 Å². The van der Waals surface area contributed by atoms with Crippen molar-refractivity contribution in [3.05, 3.63) is 28.2 Å². The van der Waals surface area contributed by atoms with Crippen LogP contribution in [-0.4, -0.2) is 13.7 Å². The molecule has 2 nitrogen and oxygen atoms in total. The summed E-state index contributed by atoms with van der Waals surface area (Å²) < 4.78 is 6.49. The Morgan fingerprint density at radius 1 is 1.50 bits per heavy atom. The van der Waals surface area contributed by atoms with Crippen LogP contribution in [-0.2, 0) is 0 Å². The average Bonchev–Trinajstić information content (AvgIpc) is 2.17. The molecule has 0 aliphatic carbocycles. The molecule has 1 aromatic rings. The molecule has 1 unspecified atom stereocenters. The van der Waals surface area contributed by atoms with E-state index < -0.39 is 0 Å². The van der Waals surface area contributed by atoms with Crippen molar-refractivity contribution in [3.63, 3.8) is 0 Å². The van der Waals surface area contributed by atoms with Gasteiger partial charge in [-0.3, -0.25) is 0 Å². The van der Waals surface area contributed by atoms with Gasteiger partial charge in [0.1, 0.15) is 5.75 Å². The van der Waals surface area contributed by atoms with Gasteiger partial charge in [-0.25, -0.2) is 0 Å². The summed E-state index contributed by atoms with van der Waals surface area (Å²) in [5.41, 5.74) is 1.25. The fourth-order valence-corrected chi connectivity index (χ4v) is 1.97. The Hall–Kier alpha value is -0.540. The molecule has 0 saturated heterocycles. The highest BCUT2D eigenvalue weighted by atomic mass is 79.9. The molecule has 1 atom stereocenters. The number of benzene rings is 1. The van der Waals surface area contributed by atoms with E-state index in [9.17, 15) is 0 Å². The van der Waals surface area contributed by atoms with Gasteiger partial charge in [-0.1, -0.05) is 22.0 Å². The Labute approximate surface area is 93.8 Å². The summed E-state index contributed by atoms with van der Waals surface area (Å²) in [6.45, 7) is 4.81. The molecule has 0 bridgehead atoms. The van der Waals surface area contributed by atoms with Crippen molar-refractivity contribution in [2.24, 2.45) is 0 Å². The molecule has 78 valence electrons. The van der Waals surface area contributed by atoms with Gasteiger partial charge in [-0.2, -0.15) is 0 Å². The molecule has 0 saturated carbocycles. The monoisotopic (exact) mass is 257 g/mol. The number of hydrogen-bond donors (Lipinski definition) is 1. The van der Waals surface area contributed by atoms with Crippen LogP contribution in [0.4, 0.5) is 0 Å². The van der Waals surface area contributed by atoms with Crippen molar-refractivity contribution in [1.29, 1.82) is 0 Å². The lowest BCUT2D eigenvalue weighted by molar-refractivity contribution is 0.340. The van der Waals surface area contributed by atoms with Gasteiger partial charge in [0.25, 0.3) is 0 Å². The Bertz CT molecular complexity index is 301. The maximum Gasteiger partial charge on any atom is 0.120 e. The molecule has 0 fully saturated rings. The van der Waals surface area contributed by atoms with Crippen molar-refractivity contribution in [2.45, 2.75) is 19.9 Å². The first-order valence-corrected chi connectivity index (χ1v) is 5.57. The highest BCUT2D eigenvalue weighted by Crippen LogP contribution is 2.27. The van der Waals surface area contributed by atoms with Crippen LogP contribution in [0.5, 0.6) is 5.75 Å². The Kier molecular flexibility index (Phi) is 4.42. The molecule has 1 N–H and O–H groups in total. The fourth-order valence-electron chi connectivity index (χ4n) is 1.27. The molecule has 0 aliphatic rings. The van der Waals surface area contributed by atoms with E-state index in [1.807, 2.05) is 26.1 Å². The summed E-state index contributed by atoms with van der Waals surface area (Å²) >= 11 is 3.54. The quantitative estimate of drug-likeness (QED) is 0.895. The van der Waals surface area contributed by atoms with Gasteiger partial charge >= 0.3 is 0 Å². The lowest BCUT2D eigenvalue weighted by Gasteiger charge is -2.13. The normalized spacial score (nSPS) is 12.6. The SMILES string of the molecule is CCOc1ccc(C(C)NC)c(Br)c1. The fraction of sp³-hybridized carbons (Fsp3) is 0.455. The van der Waals surface area contributed by atoms with Gasteiger partial charge in [-0.05, 0) is 38.6 Å². The third kappa shape index (κ3) is 2.72. The van der Waals surface area contributed by atoms with Crippen LogP contribution in [0.3, 0.4) is 0 Å². The van der Waals surface area contributed by atoms with Gasteiger partial charge in [0, 0.05) is 10.5 Å². The minimum atomic E-state index is 0.347. The van der Waals surface area contributed by atoms with Crippen molar-refractivity contribution in [3.8, 4) is 5.75 Å². The standard InChI is InChI=1S/C11H16BrNO/c1-4-14-9-5-6-10(8(2)13-3)11(12)7-9/h5-8,13H,4H2,1-3H3.